The first-order valence-electron chi connectivity index (χ1n) is 8.14. The van der Waals surface area contributed by atoms with Gasteiger partial charge in [-0.2, -0.15) is 0 Å². The quantitative estimate of drug-likeness (QED) is 0.735. The second kappa shape index (κ2) is 6.08. The summed E-state index contributed by atoms with van der Waals surface area (Å²) < 4.78 is 5.75. The predicted octanol–water partition coefficient (Wildman–Crippen LogP) is 4.92. The van der Waals surface area contributed by atoms with Crippen molar-refractivity contribution < 1.29 is 4.74 Å². The van der Waals surface area contributed by atoms with Gasteiger partial charge in [0.2, 0.25) is 0 Å². The molecule has 3 aromatic rings. The van der Waals surface area contributed by atoms with Crippen molar-refractivity contribution in [1.82, 2.24) is 4.98 Å². The number of aromatic nitrogens is 1. The van der Waals surface area contributed by atoms with Crippen molar-refractivity contribution >= 4 is 28.2 Å². The van der Waals surface area contributed by atoms with E-state index in [1.807, 2.05) is 24.4 Å². The molecule has 122 valence electrons. The van der Waals surface area contributed by atoms with Crippen LogP contribution in [0.15, 0.2) is 54.7 Å². The van der Waals surface area contributed by atoms with Crippen molar-refractivity contribution in [3.63, 3.8) is 0 Å². The number of anilines is 1. The van der Waals surface area contributed by atoms with Crippen LogP contribution < -0.4 is 5.32 Å². The molecule has 4 rings (SSSR count). The molecule has 1 aliphatic heterocycles. The Bertz CT molecular complexity index is 888. The molecule has 24 heavy (non-hydrogen) atoms. The molecule has 0 saturated carbocycles. The van der Waals surface area contributed by atoms with Gasteiger partial charge in [0.15, 0.2) is 0 Å². The normalized spacial score (nSPS) is 20.4. The van der Waals surface area contributed by atoms with E-state index in [-0.39, 0.29) is 5.54 Å². The number of rotatable bonds is 3. The highest BCUT2D eigenvalue weighted by atomic mass is 35.5. The van der Waals surface area contributed by atoms with Gasteiger partial charge in [0.05, 0.1) is 17.7 Å². The number of nitrogens with one attached hydrogen (secondary N) is 1. The van der Waals surface area contributed by atoms with E-state index in [2.05, 4.69) is 47.6 Å². The van der Waals surface area contributed by atoms with Crippen molar-refractivity contribution in [2.24, 2.45) is 0 Å². The minimum absolute atomic E-state index is 0.253. The van der Waals surface area contributed by atoms with Crippen LogP contribution in [-0.2, 0) is 10.3 Å². The Morgan fingerprint density at radius 3 is 2.92 bits per heavy atom. The summed E-state index contributed by atoms with van der Waals surface area (Å²) in [4.78, 5) is 4.45. The van der Waals surface area contributed by atoms with Crippen molar-refractivity contribution in [3.05, 3.63) is 70.9 Å². The zero-order valence-electron chi connectivity index (χ0n) is 13.6. The summed E-state index contributed by atoms with van der Waals surface area (Å²) >= 11 is 6.36. The van der Waals surface area contributed by atoms with E-state index in [0.717, 1.165) is 40.2 Å². The van der Waals surface area contributed by atoms with Crippen LogP contribution in [0.5, 0.6) is 0 Å². The van der Waals surface area contributed by atoms with Crippen LogP contribution >= 0.6 is 11.6 Å². The standard InChI is InChI=1S/C20H19ClN2O/c1-14-17(5-2-6-18(14)21)20(9-11-24-13-20)23-16-8-7-15-4-3-10-22-19(15)12-16/h2-8,10,12,23H,9,11,13H2,1H3. The van der Waals surface area contributed by atoms with Crippen LogP contribution in [-0.4, -0.2) is 18.2 Å². The smallest absolute Gasteiger partial charge is 0.0884 e. The lowest BCUT2D eigenvalue weighted by atomic mass is 9.85. The fraction of sp³-hybridized carbons (Fsp3) is 0.250. The first kappa shape index (κ1) is 15.4. The van der Waals surface area contributed by atoms with Gasteiger partial charge in [-0.25, -0.2) is 0 Å². The molecule has 2 heterocycles. The summed E-state index contributed by atoms with van der Waals surface area (Å²) in [6.07, 6.45) is 2.73. The Hall–Kier alpha value is -2.10. The minimum Gasteiger partial charge on any atom is -0.379 e. The third-order valence-electron chi connectivity index (χ3n) is 4.79. The zero-order chi connectivity index (χ0) is 16.6. The topological polar surface area (TPSA) is 34.2 Å². The highest BCUT2D eigenvalue weighted by Crippen LogP contribution is 2.38. The van der Waals surface area contributed by atoms with Gasteiger partial charge in [-0.1, -0.05) is 35.9 Å². The van der Waals surface area contributed by atoms with E-state index in [1.54, 1.807) is 0 Å². The highest BCUT2D eigenvalue weighted by molar-refractivity contribution is 6.31. The largest absolute Gasteiger partial charge is 0.379 e. The van der Waals surface area contributed by atoms with Gasteiger partial charge in [0.1, 0.15) is 0 Å². The molecule has 1 fully saturated rings. The fourth-order valence-electron chi connectivity index (χ4n) is 3.49. The maximum atomic E-state index is 6.36. The summed E-state index contributed by atoms with van der Waals surface area (Å²) in [6.45, 7) is 3.45. The van der Waals surface area contributed by atoms with Crippen LogP contribution in [0.4, 0.5) is 5.69 Å². The SMILES string of the molecule is Cc1c(Cl)cccc1C1(Nc2ccc3cccnc3c2)CCOC1. The monoisotopic (exact) mass is 338 g/mol. The molecule has 0 aliphatic carbocycles. The summed E-state index contributed by atoms with van der Waals surface area (Å²) in [5.41, 5.74) is 4.09. The van der Waals surface area contributed by atoms with Crippen LogP contribution in [0.25, 0.3) is 10.9 Å². The van der Waals surface area contributed by atoms with Gasteiger partial charge in [-0.05, 0) is 42.3 Å². The molecule has 1 unspecified atom stereocenters. The van der Waals surface area contributed by atoms with E-state index in [9.17, 15) is 0 Å². The molecule has 1 saturated heterocycles. The molecule has 1 N–H and O–H groups in total. The summed E-state index contributed by atoms with van der Waals surface area (Å²) in [7, 11) is 0. The van der Waals surface area contributed by atoms with E-state index in [0.29, 0.717) is 6.61 Å². The molecule has 1 aromatic heterocycles. The predicted molar refractivity (Wildman–Crippen MR) is 98.7 cm³/mol. The Morgan fingerprint density at radius 1 is 1.17 bits per heavy atom. The van der Waals surface area contributed by atoms with E-state index < -0.39 is 0 Å². The molecule has 0 bridgehead atoms. The van der Waals surface area contributed by atoms with Crippen molar-refractivity contribution in [2.45, 2.75) is 18.9 Å². The van der Waals surface area contributed by atoms with Crippen molar-refractivity contribution in [2.75, 3.05) is 18.5 Å². The maximum absolute atomic E-state index is 6.36. The van der Waals surface area contributed by atoms with Gasteiger partial charge >= 0.3 is 0 Å². The number of benzene rings is 2. The summed E-state index contributed by atoms with van der Waals surface area (Å²) in [5, 5.41) is 5.64. The Labute approximate surface area is 146 Å². The molecular weight excluding hydrogens is 320 g/mol. The molecule has 2 aromatic carbocycles. The van der Waals surface area contributed by atoms with Crippen molar-refractivity contribution in [3.8, 4) is 0 Å². The highest BCUT2D eigenvalue weighted by Gasteiger charge is 2.38. The average Bonchev–Trinajstić information content (AvgIpc) is 3.06. The number of fused-ring (bicyclic) bond motifs is 1. The first-order chi connectivity index (χ1) is 11.7. The number of ether oxygens (including phenoxy) is 1. The van der Waals surface area contributed by atoms with E-state index in [4.69, 9.17) is 16.3 Å². The minimum atomic E-state index is -0.253. The van der Waals surface area contributed by atoms with E-state index in [1.165, 1.54) is 5.56 Å². The zero-order valence-corrected chi connectivity index (χ0v) is 14.3. The average molecular weight is 339 g/mol. The van der Waals surface area contributed by atoms with Gasteiger partial charge in [0, 0.05) is 35.3 Å². The molecule has 0 amide bonds. The molecular formula is C20H19ClN2O. The number of halogens is 1. The number of hydrogen-bond acceptors (Lipinski definition) is 3. The van der Waals surface area contributed by atoms with Gasteiger partial charge in [-0.3, -0.25) is 4.98 Å². The Balaban J connectivity index is 1.76. The fourth-order valence-corrected chi connectivity index (χ4v) is 3.66. The molecule has 1 atom stereocenters. The van der Waals surface area contributed by atoms with Crippen LogP contribution in [0.1, 0.15) is 17.5 Å². The second-order valence-corrected chi connectivity index (χ2v) is 6.74. The lowest BCUT2D eigenvalue weighted by Gasteiger charge is -2.32. The lowest BCUT2D eigenvalue weighted by Crippen LogP contribution is -2.36. The molecule has 4 heteroatoms. The third kappa shape index (κ3) is 2.64. The number of hydrogen-bond donors (Lipinski definition) is 1. The summed E-state index contributed by atoms with van der Waals surface area (Å²) in [6, 6.07) is 16.4. The van der Waals surface area contributed by atoms with Gasteiger partial charge < -0.3 is 10.1 Å². The summed E-state index contributed by atoms with van der Waals surface area (Å²) in [5.74, 6) is 0. The number of nitrogens with zero attached hydrogens (tertiary/aromatic N) is 1. The maximum Gasteiger partial charge on any atom is 0.0884 e. The number of pyridine rings is 1. The van der Waals surface area contributed by atoms with Gasteiger partial charge in [0.25, 0.3) is 0 Å². The van der Waals surface area contributed by atoms with E-state index >= 15 is 0 Å². The van der Waals surface area contributed by atoms with Crippen LogP contribution in [0, 0.1) is 6.92 Å². The second-order valence-electron chi connectivity index (χ2n) is 6.33. The Morgan fingerprint density at radius 2 is 2.08 bits per heavy atom. The Kier molecular flexibility index (Phi) is 3.91. The first-order valence-corrected chi connectivity index (χ1v) is 8.52. The molecule has 3 nitrogen and oxygen atoms in total. The van der Waals surface area contributed by atoms with Crippen LogP contribution in [0.2, 0.25) is 5.02 Å². The molecule has 0 radical (unpaired) electrons. The molecule has 1 aliphatic rings. The molecule has 0 spiro atoms. The third-order valence-corrected chi connectivity index (χ3v) is 5.20. The van der Waals surface area contributed by atoms with Gasteiger partial charge in [-0.15, -0.1) is 0 Å². The lowest BCUT2D eigenvalue weighted by molar-refractivity contribution is 0.182. The van der Waals surface area contributed by atoms with Crippen molar-refractivity contribution in [1.29, 1.82) is 0 Å². The van der Waals surface area contributed by atoms with Crippen LogP contribution in [0.3, 0.4) is 0 Å².